The van der Waals surface area contributed by atoms with Gasteiger partial charge in [0.05, 0.1) is 36.8 Å². The molecule has 0 saturated heterocycles. The summed E-state index contributed by atoms with van der Waals surface area (Å²) in [7, 11) is -5.07. The van der Waals surface area contributed by atoms with E-state index in [-0.39, 0.29) is 63.9 Å². The van der Waals surface area contributed by atoms with Gasteiger partial charge < -0.3 is 24.0 Å². The molecule has 3 atom stereocenters. The molecule has 234 valence electrons. The zero-order chi connectivity index (χ0) is 31.7. The van der Waals surface area contributed by atoms with Gasteiger partial charge in [-0.25, -0.2) is 16.8 Å². The third kappa shape index (κ3) is 6.64. The zero-order valence-electron chi connectivity index (χ0n) is 24.8. The van der Waals surface area contributed by atoms with Crippen LogP contribution >= 0.6 is 0 Å². The number of anilines is 1. The monoisotopic (exact) mass is 636 g/mol. The lowest BCUT2D eigenvalue weighted by molar-refractivity contribution is 0.0387. The molecule has 1 aliphatic heterocycles. The number of aliphatic hydroxyl groups excluding tert-OH is 1. The predicted octanol–water partition coefficient (Wildman–Crippen LogP) is 2.64. The fourth-order valence-corrected chi connectivity index (χ4v) is 7.41. The molecular formula is C28H36N4O9S2. The van der Waals surface area contributed by atoms with E-state index in [9.17, 15) is 26.7 Å². The average Bonchev–Trinajstić information content (AvgIpc) is 3.32. The molecule has 0 spiro atoms. The maximum absolute atomic E-state index is 13.7. The molecule has 2 heterocycles. The Labute approximate surface area is 251 Å². The van der Waals surface area contributed by atoms with Gasteiger partial charge in [0.1, 0.15) is 23.3 Å². The smallest absolute Gasteiger partial charge is 0.267 e. The Balaban J connectivity index is 1.68. The molecule has 0 aliphatic carbocycles. The zero-order valence-corrected chi connectivity index (χ0v) is 26.4. The number of carbonyl (C=O) groups is 1. The van der Waals surface area contributed by atoms with Crippen molar-refractivity contribution in [1.29, 1.82) is 0 Å². The molecule has 1 aliphatic rings. The van der Waals surface area contributed by atoms with Crippen molar-refractivity contribution in [1.82, 2.24) is 14.4 Å². The van der Waals surface area contributed by atoms with Gasteiger partial charge >= 0.3 is 0 Å². The standard InChI is InChI=1S/C28H36N4O9S2/c1-17-14-32(18(2)16-33)28(34)24-13-21(30-42(35,36)27-19(3)29-41-20(27)4)7-12-25(24)40-26(17)15-31(5)43(37,38)23-10-8-22(39-6)9-11-23/h7-13,17-18,26,30,33H,14-16H2,1-6H3/t17-,18+,26+/m1/s1. The normalized spacial score (nSPS) is 18.4. The first-order chi connectivity index (χ1) is 20.2. The molecule has 13 nitrogen and oxygen atoms in total. The van der Waals surface area contributed by atoms with Gasteiger partial charge in [0.25, 0.3) is 15.9 Å². The Morgan fingerprint density at radius 2 is 1.84 bits per heavy atom. The van der Waals surface area contributed by atoms with Gasteiger partial charge in [0.2, 0.25) is 10.0 Å². The van der Waals surface area contributed by atoms with Crippen molar-refractivity contribution in [3.63, 3.8) is 0 Å². The molecule has 0 fully saturated rings. The average molecular weight is 637 g/mol. The number of aryl methyl sites for hydroxylation is 2. The first kappa shape index (κ1) is 32.3. The highest BCUT2D eigenvalue weighted by Gasteiger charge is 2.36. The Kier molecular flexibility index (Phi) is 9.39. The summed E-state index contributed by atoms with van der Waals surface area (Å²) in [6, 6.07) is 9.71. The number of aromatic nitrogens is 1. The van der Waals surface area contributed by atoms with Crippen LogP contribution in [0.15, 0.2) is 56.8 Å². The Bertz CT molecular complexity index is 1670. The quantitative estimate of drug-likeness (QED) is 0.337. The highest BCUT2D eigenvalue weighted by Crippen LogP contribution is 2.32. The summed E-state index contributed by atoms with van der Waals surface area (Å²) in [5, 5.41) is 13.6. The SMILES string of the molecule is COc1ccc(S(=O)(=O)N(C)C[C@@H]2Oc3ccc(NS(=O)(=O)c4c(C)noc4C)cc3C(=O)N([C@@H](C)CO)C[C@H]2C)cc1. The summed E-state index contributed by atoms with van der Waals surface area (Å²) in [4.78, 5) is 15.2. The van der Waals surface area contributed by atoms with Crippen LogP contribution in [0.4, 0.5) is 5.69 Å². The van der Waals surface area contributed by atoms with Crippen molar-refractivity contribution in [2.24, 2.45) is 5.92 Å². The van der Waals surface area contributed by atoms with Crippen LogP contribution in [0.3, 0.4) is 0 Å². The van der Waals surface area contributed by atoms with Crippen LogP contribution in [0.2, 0.25) is 0 Å². The van der Waals surface area contributed by atoms with Crippen molar-refractivity contribution in [3.05, 3.63) is 59.5 Å². The van der Waals surface area contributed by atoms with Crippen LogP contribution in [0.1, 0.15) is 35.7 Å². The molecule has 0 bridgehead atoms. The van der Waals surface area contributed by atoms with Crippen LogP contribution in [0.25, 0.3) is 0 Å². The van der Waals surface area contributed by atoms with E-state index >= 15 is 0 Å². The summed E-state index contributed by atoms with van der Waals surface area (Å²) < 4.78 is 73.0. The maximum Gasteiger partial charge on any atom is 0.267 e. The van der Waals surface area contributed by atoms with E-state index in [2.05, 4.69) is 9.88 Å². The van der Waals surface area contributed by atoms with E-state index in [1.807, 2.05) is 6.92 Å². The van der Waals surface area contributed by atoms with Crippen molar-refractivity contribution in [2.75, 3.05) is 38.6 Å². The van der Waals surface area contributed by atoms with Crippen LogP contribution in [0.5, 0.6) is 11.5 Å². The third-order valence-corrected chi connectivity index (χ3v) is 10.8. The number of nitrogens with zero attached hydrogens (tertiary/aromatic N) is 3. The molecule has 2 aromatic carbocycles. The molecule has 15 heteroatoms. The van der Waals surface area contributed by atoms with Gasteiger partial charge in [-0.15, -0.1) is 0 Å². The molecule has 4 rings (SSSR count). The molecule has 0 unspecified atom stereocenters. The van der Waals surface area contributed by atoms with Gasteiger partial charge in [0.15, 0.2) is 10.7 Å². The van der Waals surface area contributed by atoms with E-state index in [1.165, 1.54) is 67.5 Å². The number of carbonyl (C=O) groups excluding carboxylic acids is 1. The van der Waals surface area contributed by atoms with Gasteiger partial charge in [-0.05, 0) is 63.2 Å². The van der Waals surface area contributed by atoms with Crippen LogP contribution < -0.4 is 14.2 Å². The van der Waals surface area contributed by atoms with Crippen molar-refractivity contribution in [2.45, 2.75) is 49.6 Å². The Morgan fingerprint density at radius 3 is 2.42 bits per heavy atom. The number of hydrogen-bond donors (Lipinski definition) is 2. The lowest BCUT2D eigenvalue weighted by atomic mass is 9.99. The summed E-state index contributed by atoms with van der Waals surface area (Å²) in [5.74, 6) is -0.0422. The Morgan fingerprint density at radius 1 is 1.16 bits per heavy atom. The minimum absolute atomic E-state index is 0.0507. The van der Waals surface area contributed by atoms with Gasteiger partial charge in [-0.1, -0.05) is 12.1 Å². The second kappa shape index (κ2) is 12.5. The number of ether oxygens (including phenoxy) is 2. The number of benzene rings is 2. The summed E-state index contributed by atoms with van der Waals surface area (Å²) >= 11 is 0. The van der Waals surface area contributed by atoms with E-state index in [4.69, 9.17) is 14.0 Å². The Hall–Kier alpha value is -3.66. The number of fused-ring (bicyclic) bond motifs is 1. The molecule has 2 N–H and O–H groups in total. The first-order valence-electron chi connectivity index (χ1n) is 13.5. The van der Waals surface area contributed by atoms with Crippen molar-refractivity contribution in [3.8, 4) is 11.5 Å². The fourth-order valence-electron chi connectivity index (χ4n) is 4.85. The van der Waals surface area contributed by atoms with Crippen LogP contribution in [-0.4, -0.2) is 88.2 Å². The summed E-state index contributed by atoms with van der Waals surface area (Å²) in [6.07, 6.45) is -0.705. The maximum atomic E-state index is 13.7. The number of rotatable bonds is 10. The lowest BCUT2D eigenvalue weighted by Gasteiger charge is -2.38. The highest BCUT2D eigenvalue weighted by molar-refractivity contribution is 7.92. The van der Waals surface area contributed by atoms with Crippen molar-refractivity contribution >= 4 is 31.6 Å². The number of likely N-dealkylation sites (N-methyl/N-ethyl adjacent to an activating group) is 1. The van der Waals surface area contributed by atoms with E-state index in [1.54, 1.807) is 19.1 Å². The second-order valence-corrected chi connectivity index (χ2v) is 14.2. The lowest BCUT2D eigenvalue weighted by Crippen LogP contribution is -2.50. The number of amides is 1. The molecule has 1 aromatic heterocycles. The number of methoxy groups -OCH3 is 1. The van der Waals surface area contributed by atoms with Gasteiger partial charge in [0, 0.05) is 25.2 Å². The summed E-state index contributed by atoms with van der Waals surface area (Å²) in [6.45, 7) is 6.29. The van der Waals surface area contributed by atoms with Gasteiger partial charge in [-0.3, -0.25) is 9.52 Å². The molecule has 0 radical (unpaired) electrons. The van der Waals surface area contributed by atoms with Crippen molar-refractivity contribution < 1.29 is 40.7 Å². The molecule has 3 aromatic rings. The molecule has 1 amide bonds. The topological polar surface area (TPSA) is 169 Å². The van der Waals surface area contributed by atoms with E-state index in [0.29, 0.717) is 5.75 Å². The third-order valence-electron chi connectivity index (χ3n) is 7.36. The highest BCUT2D eigenvalue weighted by atomic mass is 32.2. The number of hydrogen-bond acceptors (Lipinski definition) is 10. The first-order valence-corrected chi connectivity index (χ1v) is 16.4. The van der Waals surface area contributed by atoms with E-state index < -0.39 is 38.1 Å². The molecular weight excluding hydrogens is 600 g/mol. The number of sulfonamides is 2. The van der Waals surface area contributed by atoms with Crippen LogP contribution in [-0.2, 0) is 20.0 Å². The molecule has 43 heavy (non-hydrogen) atoms. The second-order valence-electron chi connectivity index (χ2n) is 10.6. The number of nitrogens with one attached hydrogen (secondary N) is 1. The number of aliphatic hydroxyl groups is 1. The predicted molar refractivity (Wildman–Crippen MR) is 157 cm³/mol. The minimum atomic E-state index is -4.10. The summed E-state index contributed by atoms with van der Waals surface area (Å²) in [5.41, 5.74) is 0.331. The molecule has 0 saturated carbocycles. The van der Waals surface area contributed by atoms with Gasteiger partial charge in [-0.2, -0.15) is 4.31 Å². The largest absolute Gasteiger partial charge is 0.497 e. The van der Waals surface area contributed by atoms with Crippen LogP contribution in [0, 0.1) is 19.8 Å². The minimum Gasteiger partial charge on any atom is -0.497 e. The van der Waals surface area contributed by atoms with E-state index in [0.717, 1.165) is 0 Å². The fraction of sp³-hybridized carbons (Fsp3) is 0.429.